The van der Waals surface area contributed by atoms with Crippen molar-refractivity contribution in [2.24, 2.45) is 23.2 Å². The smallest absolute Gasteiger partial charge is 0.317 e. The van der Waals surface area contributed by atoms with E-state index in [0.29, 0.717) is 45.7 Å². The number of rotatable bonds is 5. The Morgan fingerprint density at radius 1 is 0.857 bits per heavy atom. The maximum atomic E-state index is 12.9. The van der Waals surface area contributed by atoms with E-state index >= 15 is 0 Å². The van der Waals surface area contributed by atoms with Crippen LogP contribution in [-0.4, -0.2) is 66.9 Å². The molecule has 156 valence electrons. The van der Waals surface area contributed by atoms with Crippen molar-refractivity contribution in [3.05, 3.63) is 0 Å². The molecule has 0 spiro atoms. The maximum absolute atomic E-state index is 12.9. The van der Waals surface area contributed by atoms with Gasteiger partial charge in [-0.2, -0.15) is 0 Å². The van der Waals surface area contributed by atoms with E-state index in [9.17, 15) is 14.4 Å². The van der Waals surface area contributed by atoms with Crippen LogP contribution in [0.4, 0.5) is 4.79 Å². The van der Waals surface area contributed by atoms with Crippen molar-refractivity contribution in [2.75, 3.05) is 39.3 Å². The van der Waals surface area contributed by atoms with Crippen molar-refractivity contribution in [2.45, 2.75) is 51.9 Å². The Balaban J connectivity index is 1.20. The summed E-state index contributed by atoms with van der Waals surface area (Å²) in [6, 6.07) is -0.0579. The van der Waals surface area contributed by atoms with Crippen molar-refractivity contribution in [3.63, 3.8) is 0 Å². The van der Waals surface area contributed by atoms with Gasteiger partial charge in [0, 0.05) is 51.1 Å². The monoisotopic (exact) mass is 390 g/mol. The summed E-state index contributed by atoms with van der Waals surface area (Å²) in [5, 5.41) is 5.89. The van der Waals surface area contributed by atoms with Gasteiger partial charge in [-0.05, 0) is 63.2 Å². The molecule has 7 nitrogen and oxygen atoms in total. The highest BCUT2D eigenvalue weighted by molar-refractivity contribution is 5.84. The lowest BCUT2D eigenvalue weighted by atomic mass is 9.49. The molecule has 0 aromatic heterocycles. The molecule has 0 aromatic carbocycles. The number of hydrogen-bond donors (Lipinski definition) is 2. The average Bonchev–Trinajstić information content (AvgIpc) is 2.67. The fraction of sp³-hybridized carbons (Fsp3) is 0.857. The minimum absolute atomic E-state index is 0.0579. The first-order valence-corrected chi connectivity index (χ1v) is 11.1. The van der Waals surface area contributed by atoms with Gasteiger partial charge in [-0.15, -0.1) is 0 Å². The third-order valence-corrected chi connectivity index (χ3v) is 7.39. The lowest BCUT2D eigenvalue weighted by Gasteiger charge is -2.55. The first kappa shape index (κ1) is 19.5. The van der Waals surface area contributed by atoms with Gasteiger partial charge in [0.2, 0.25) is 11.8 Å². The van der Waals surface area contributed by atoms with E-state index in [1.807, 2.05) is 11.8 Å². The van der Waals surface area contributed by atoms with E-state index in [0.717, 1.165) is 37.0 Å². The number of carbonyl (C=O) groups is 3. The van der Waals surface area contributed by atoms with Gasteiger partial charge in [0.15, 0.2) is 0 Å². The van der Waals surface area contributed by atoms with Gasteiger partial charge in [0.1, 0.15) is 0 Å². The van der Waals surface area contributed by atoms with Crippen LogP contribution in [0.3, 0.4) is 0 Å². The number of nitrogens with one attached hydrogen (secondary N) is 2. The Hall–Kier alpha value is -1.79. The van der Waals surface area contributed by atoms with Crippen LogP contribution in [0.25, 0.3) is 0 Å². The first-order valence-electron chi connectivity index (χ1n) is 11.1. The van der Waals surface area contributed by atoms with Crippen LogP contribution in [0.15, 0.2) is 0 Å². The van der Waals surface area contributed by atoms with Crippen molar-refractivity contribution in [3.8, 4) is 0 Å². The van der Waals surface area contributed by atoms with Crippen molar-refractivity contribution in [1.29, 1.82) is 0 Å². The Morgan fingerprint density at radius 2 is 1.39 bits per heavy atom. The van der Waals surface area contributed by atoms with Gasteiger partial charge < -0.3 is 20.4 Å². The van der Waals surface area contributed by atoms with Gasteiger partial charge in [-0.3, -0.25) is 9.59 Å². The normalized spacial score (nSPS) is 33.7. The fourth-order valence-electron chi connectivity index (χ4n) is 6.44. The van der Waals surface area contributed by atoms with Gasteiger partial charge in [0.25, 0.3) is 0 Å². The zero-order valence-corrected chi connectivity index (χ0v) is 17.0. The van der Waals surface area contributed by atoms with Crippen LogP contribution in [0.5, 0.6) is 0 Å². The highest BCUT2D eigenvalue weighted by atomic mass is 16.2. The summed E-state index contributed by atoms with van der Waals surface area (Å²) in [6.45, 7) is 5.21. The summed E-state index contributed by atoms with van der Waals surface area (Å²) in [4.78, 5) is 40.8. The largest absolute Gasteiger partial charge is 0.355 e. The van der Waals surface area contributed by atoms with Crippen molar-refractivity contribution >= 4 is 17.8 Å². The van der Waals surface area contributed by atoms with Crippen LogP contribution in [0.1, 0.15) is 51.9 Å². The lowest BCUT2D eigenvalue weighted by molar-refractivity contribution is -0.146. The average molecular weight is 391 g/mol. The topological polar surface area (TPSA) is 81.8 Å². The van der Waals surface area contributed by atoms with Crippen molar-refractivity contribution in [1.82, 2.24) is 20.4 Å². The van der Waals surface area contributed by atoms with Gasteiger partial charge in [-0.1, -0.05) is 0 Å². The second-order valence-electron chi connectivity index (χ2n) is 9.41. The predicted octanol–water partition coefficient (Wildman–Crippen LogP) is 1.58. The van der Waals surface area contributed by atoms with E-state index in [1.54, 1.807) is 4.90 Å². The van der Waals surface area contributed by atoms with Crippen LogP contribution in [-0.2, 0) is 9.59 Å². The molecule has 5 aliphatic rings. The Kier molecular flexibility index (Phi) is 5.52. The van der Waals surface area contributed by atoms with Gasteiger partial charge >= 0.3 is 6.03 Å². The number of amides is 4. The summed E-state index contributed by atoms with van der Waals surface area (Å²) in [6.07, 6.45) is 7.49. The molecule has 5 fully saturated rings. The molecule has 4 aliphatic carbocycles. The molecular formula is C21H34N4O3. The summed E-state index contributed by atoms with van der Waals surface area (Å²) in [7, 11) is 0. The van der Waals surface area contributed by atoms with Crippen molar-refractivity contribution < 1.29 is 14.4 Å². The maximum Gasteiger partial charge on any atom is 0.317 e. The van der Waals surface area contributed by atoms with Gasteiger partial charge in [0.05, 0.1) is 0 Å². The van der Waals surface area contributed by atoms with Crippen LogP contribution >= 0.6 is 0 Å². The van der Waals surface area contributed by atoms with E-state index in [1.165, 1.54) is 19.3 Å². The van der Waals surface area contributed by atoms with E-state index in [4.69, 9.17) is 0 Å². The molecule has 28 heavy (non-hydrogen) atoms. The lowest BCUT2D eigenvalue weighted by Crippen LogP contribution is -2.54. The Morgan fingerprint density at radius 3 is 1.93 bits per heavy atom. The fourth-order valence-corrected chi connectivity index (χ4v) is 6.44. The molecule has 7 heteroatoms. The molecule has 1 heterocycles. The van der Waals surface area contributed by atoms with Crippen LogP contribution in [0.2, 0.25) is 0 Å². The Bertz CT molecular complexity index is 592. The van der Waals surface area contributed by atoms with Crippen LogP contribution < -0.4 is 10.6 Å². The number of nitrogens with zero attached hydrogens (tertiary/aromatic N) is 2. The number of piperazine rings is 1. The second kappa shape index (κ2) is 7.91. The summed E-state index contributed by atoms with van der Waals surface area (Å²) in [5.74, 6) is 2.52. The zero-order chi connectivity index (χ0) is 19.7. The van der Waals surface area contributed by atoms with E-state index in [-0.39, 0.29) is 23.3 Å². The number of hydrogen-bond acceptors (Lipinski definition) is 3. The second-order valence-corrected chi connectivity index (χ2v) is 9.41. The quantitative estimate of drug-likeness (QED) is 0.748. The molecular weight excluding hydrogens is 356 g/mol. The summed E-state index contributed by atoms with van der Waals surface area (Å²) >= 11 is 0. The molecule has 0 unspecified atom stereocenters. The molecule has 1 saturated heterocycles. The molecule has 0 atom stereocenters. The number of carbonyl (C=O) groups excluding carboxylic acids is 3. The molecule has 0 radical (unpaired) electrons. The molecule has 4 bridgehead atoms. The van der Waals surface area contributed by atoms with Gasteiger partial charge in [-0.25, -0.2) is 4.79 Å². The molecule has 1 aliphatic heterocycles. The highest BCUT2D eigenvalue weighted by Gasteiger charge is 2.54. The Labute approximate surface area is 167 Å². The minimum Gasteiger partial charge on any atom is -0.355 e. The molecule has 0 aromatic rings. The number of urea groups is 1. The SMILES string of the molecule is CCNC(=O)N1CCN(C(=O)CCNC(=O)C23CC4CC(CC(C4)C2)C3)CC1. The molecule has 5 rings (SSSR count). The summed E-state index contributed by atoms with van der Waals surface area (Å²) < 4.78 is 0. The molecule has 4 saturated carbocycles. The van der Waals surface area contributed by atoms with E-state index in [2.05, 4.69) is 10.6 Å². The van der Waals surface area contributed by atoms with Crippen LogP contribution in [0, 0.1) is 23.2 Å². The zero-order valence-electron chi connectivity index (χ0n) is 17.0. The van der Waals surface area contributed by atoms with E-state index < -0.39 is 0 Å². The standard InChI is InChI=1S/C21H34N4O3/c1-2-22-20(28)25-7-5-24(6-8-25)18(26)3-4-23-19(27)21-12-15-9-16(13-21)11-17(10-15)14-21/h15-17H,2-14H2,1H3,(H,22,28)(H,23,27). The minimum atomic E-state index is -0.143. The third-order valence-electron chi connectivity index (χ3n) is 7.39. The summed E-state index contributed by atoms with van der Waals surface area (Å²) in [5.41, 5.74) is -0.143. The molecule has 2 N–H and O–H groups in total. The molecule has 4 amide bonds. The third kappa shape index (κ3) is 3.85. The predicted molar refractivity (Wildman–Crippen MR) is 105 cm³/mol. The highest BCUT2D eigenvalue weighted by Crippen LogP contribution is 2.60. The first-order chi connectivity index (χ1) is 13.5.